The van der Waals surface area contributed by atoms with E-state index in [2.05, 4.69) is 5.32 Å². The van der Waals surface area contributed by atoms with Crippen molar-refractivity contribution in [1.82, 2.24) is 10.2 Å². The lowest BCUT2D eigenvalue weighted by atomic mass is 9.91. The summed E-state index contributed by atoms with van der Waals surface area (Å²) in [5, 5.41) is 3.14. The Kier molecular flexibility index (Phi) is 4.48. The third kappa shape index (κ3) is 3.39. The summed E-state index contributed by atoms with van der Waals surface area (Å²) >= 11 is 0. The van der Waals surface area contributed by atoms with Crippen LogP contribution in [-0.4, -0.2) is 41.4 Å². The standard InChI is InChI=1S/C16H27N3O2/c17-12-5-7-13(8-6-12)18-16(21)11-9-15(20)19(10-11)14-3-1-2-4-14/h11-14H,1-10,17H2,(H,18,21). The van der Waals surface area contributed by atoms with Crippen molar-refractivity contribution in [3.63, 3.8) is 0 Å². The van der Waals surface area contributed by atoms with Crippen molar-refractivity contribution in [2.24, 2.45) is 11.7 Å². The highest BCUT2D eigenvalue weighted by molar-refractivity contribution is 5.89. The summed E-state index contributed by atoms with van der Waals surface area (Å²) in [7, 11) is 0. The van der Waals surface area contributed by atoms with Crippen molar-refractivity contribution < 1.29 is 9.59 Å². The molecule has 0 bridgehead atoms. The monoisotopic (exact) mass is 293 g/mol. The summed E-state index contributed by atoms with van der Waals surface area (Å²) in [4.78, 5) is 26.5. The van der Waals surface area contributed by atoms with Crippen molar-refractivity contribution >= 4 is 11.8 Å². The van der Waals surface area contributed by atoms with Gasteiger partial charge in [0, 0.05) is 31.1 Å². The molecule has 2 aliphatic carbocycles. The molecule has 3 aliphatic rings. The van der Waals surface area contributed by atoms with Gasteiger partial charge in [-0.1, -0.05) is 12.8 Å². The molecule has 1 atom stereocenters. The Morgan fingerprint density at radius 1 is 1.10 bits per heavy atom. The normalized spacial score (nSPS) is 34.4. The van der Waals surface area contributed by atoms with Crippen LogP contribution < -0.4 is 11.1 Å². The molecule has 3 fully saturated rings. The van der Waals surface area contributed by atoms with Crippen LogP contribution in [0.5, 0.6) is 0 Å². The molecule has 5 nitrogen and oxygen atoms in total. The zero-order valence-corrected chi connectivity index (χ0v) is 12.7. The van der Waals surface area contributed by atoms with Crippen LogP contribution in [0.15, 0.2) is 0 Å². The Morgan fingerprint density at radius 2 is 1.76 bits per heavy atom. The molecule has 5 heteroatoms. The van der Waals surface area contributed by atoms with Crippen molar-refractivity contribution in [3.05, 3.63) is 0 Å². The highest BCUT2D eigenvalue weighted by atomic mass is 16.2. The first kappa shape index (κ1) is 14.8. The second kappa shape index (κ2) is 6.34. The lowest BCUT2D eigenvalue weighted by Gasteiger charge is -2.28. The average molecular weight is 293 g/mol. The predicted octanol–water partition coefficient (Wildman–Crippen LogP) is 1.16. The van der Waals surface area contributed by atoms with Gasteiger partial charge in [0.15, 0.2) is 0 Å². The van der Waals surface area contributed by atoms with Crippen LogP contribution in [0.1, 0.15) is 57.8 Å². The summed E-state index contributed by atoms with van der Waals surface area (Å²) in [6, 6.07) is 0.944. The number of likely N-dealkylation sites (tertiary alicyclic amines) is 1. The summed E-state index contributed by atoms with van der Waals surface area (Å²) in [5.41, 5.74) is 5.89. The van der Waals surface area contributed by atoms with E-state index in [-0.39, 0.29) is 23.8 Å². The molecule has 0 aromatic heterocycles. The Labute approximate surface area is 126 Å². The molecule has 0 radical (unpaired) electrons. The van der Waals surface area contributed by atoms with Gasteiger partial charge < -0.3 is 16.0 Å². The van der Waals surface area contributed by atoms with E-state index >= 15 is 0 Å². The van der Waals surface area contributed by atoms with Gasteiger partial charge in [-0.2, -0.15) is 0 Å². The third-order valence-corrected chi connectivity index (χ3v) is 5.41. The van der Waals surface area contributed by atoms with Crippen LogP contribution in [0.2, 0.25) is 0 Å². The van der Waals surface area contributed by atoms with E-state index < -0.39 is 0 Å². The molecule has 3 N–H and O–H groups in total. The minimum Gasteiger partial charge on any atom is -0.353 e. The number of carbonyl (C=O) groups excluding carboxylic acids is 2. The molecule has 0 aromatic rings. The van der Waals surface area contributed by atoms with E-state index in [0.29, 0.717) is 25.0 Å². The van der Waals surface area contributed by atoms with Crippen molar-refractivity contribution in [1.29, 1.82) is 0 Å². The molecule has 0 aromatic carbocycles. The van der Waals surface area contributed by atoms with Gasteiger partial charge in [-0.3, -0.25) is 9.59 Å². The first-order chi connectivity index (χ1) is 10.1. The Hall–Kier alpha value is -1.10. The lowest BCUT2D eigenvalue weighted by Crippen LogP contribution is -2.43. The maximum atomic E-state index is 12.4. The number of rotatable bonds is 3. The van der Waals surface area contributed by atoms with Gasteiger partial charge in [0.05, 0.1) is 5.92 Å². The summed E-state index contributed by atoms with van der Waals surface area (Å²) < 4.78 is 0. The number of hydrogen-bond donors (Lipinski definition) is 2. The fourth-order valence-corrected chi connectivity index (χ4v) is 4.06. The minimum absolute atomic E-state index is 0.0734. The largest absolute Gasteiger partial charge is 0.353 e. The van der Waals surface area contributed by atoms with E-state index in [1.165, 1.54) is 12.8 Å². The SMILES string of the molecule is NC1CCC(NC(=O)C2CC(=O)N(C3CCCC3)C2)CC1. The molecule has 21 heavy (non-hydrogen) atoms. The Balaban J connectivity index is 1.50. The first-order valence-electron chi connectivity index (χ1n) is 8.49. The van der Waals surface area contributed by atoms with Gasteiger partial charge in [-0.05, 0) is 38.5 Å². The third-order valence-electron chi connectivity index (χ3n) is 5.41. The topological polar surface area (TPSA) is 75.4 Å². The van der Waals surface area contributed by atoms with Gasteiger partial charge in [0.25, 0.3) is 0 Å². The highest BCUT2D eigenvalue weighted by Crippen LogP contribution is 2.29. The van der Waals surface area contributed by atoms with Crippen molar-refractivity contribution in [2.75, 3.05) is 6.54 Å². The number of carbonyl (C=O) groups is 2. The second-order valence-corrected chi connectivity index (χ2v) is 7.01. The van der Waals surface area contributed by atoms with E-state index in [1.807, 2.05) is 4.90 Å². The average Bonchev–Trinajstić information content (AvgIpc) is 3.10. The molecule has 1 saturated heterocycles. The number of nitrogens with two attached hydrogens (primary N) is 1. The number of amides is 2. The molecule has 2 saturated carbocycles. The van der Waals surface area contributed by atoms with Crippen molar-refractivity contribution in [2.45, 2.75) is 75.9 Å². The maximum absolute atomic E-state index is 12.4. The Bertz CT molecular complexity index is 398. The van der Waals surface area contributed by atoms with Crippen LogP contribution >= 0.6 is 0 Å². The van der Waals surface area contributed by atoms with Crippen LogP contribution in [0.25, 0.3) is 0 Å². The van der Waals surface area contributed by atoms with Crippen LogP contribution in [0.4, 0.5) is 0 Å². The predicted molar refractivity (Wildman–Crippen MR) is 80.5 cm³/mol. The van der Waals surface area contributed by atoms with Crippen molar-refractivity contribution in [3.8, 4) is 0 Å². The van der Waals surface area contributed by atoms with E-state index in [4.69, 9.17) is 5.73 Å². The van der Waals surface area contributed by atoms with Gasteiger partial charge in [0.2, 0.25) is 11.8 Å². The summed E-state index contributed by atoms with van der Waals surface area (Å²) in [5.74, 6) is 0.103. The Morgan fingerprint density at radius 3 is 2.43 bits per heavy atom. The van der Waals surface area contributed by atoms with E-state index in [1.54, 1.807) is 0 Å². The van der Waals surface area contributed by atoms with Gasteiger partial charge in [-0.15, -0.1) is 0 Å². The maximum Gasteiger partial charge on any atom is 0.225 e. The van der Waals surface area contributed by atoms with Crippen LogP contribution in [-0.2, 0) is 9.59 Å². The van der Waals surface area contributed by atoms with Crippen LogP contribution in [0.3, 0.4) is 0 Å². The smallest absolute Gasteiger partial charge is 0.225 e. The second-order valence-electron chi connectivity index (χ2n) is 7.01. The molecule has 1 aliphatic heterocycles. The van der Waals surface area contributed by atoms with Gasteiger partial charge in [0.1, 0.15) is 0 Å². The quantitative estimate of drug-likeness (QED) is 0.820. The number of nitrogens with zero attached hydrogens (tertiary/aromatic N) is 1. The van der Waals surface area contributed by atoms with E-state index in [0.717, 1.165) is 38.5 Å². The highest BCUT2D eigenvalue weighted by Gasteiger charge is 2.39. The molecule has 1 unspecified atom stereocenters. The van der Waals surface area contributed by atoms with E-state index in [9.17, 15) is 9.59 Å². The number of nitrogens with one attached hydrogen (secondary N) is 1. The van der Waals surface area contributed by atoms with Crippen LogP contribution in [0, 0.1) is 5.92 Å². The molecule has 2 amide bonds. The zero-order valence-electron chi connectivity index (χ0n) is 12.7. The zero-order chi connectivity index (χ0) is 14.8. The fourth-order valence-electron chi connectivity index (χ4n) is 4.06. The molecule has 1 heterocycles. The molecule has 118 valence electrons. The summed E-state index contributed by atoms with van der Waals surface area (Å²) in [6.45, 7) is 0.627. The fraction of sp³-hybridized carbons (Fsp3) is 0.875. The summed E-state index contributed by atoms with van der Waals surface area (Å²) in [6.07, 6.45) is 8.97. The first-order valence-corrected chi connectivity index (χ1v) is 8.49. The van der Waals surface area contributed by atoms with Gasteiger partial charge in [-0.25, -0.2) is 0 Å². The molecular formula is C16H27N3O2. The molecule has 3 rings (SSSR count). The molecule has 0 spiro atoms. The minimum atomic E-state index is -0.145. The lowest BCUT2D eigenvalue weighted by molar-refractivity contribution is -0.130. The van der Waals surface area contributed by atoms with Gasteiger partial charge >= 0.3 is 0 Å². The number of hydrogen-bond acceptors (Lipinski definition) is 3. The molecular weight excluding hydrogens is 266 g/mol.